The van der Waals surface area contributed by atoms with E-state index in [0.29, 0.717) is 0 Å². The molecule has 0 aromatic heterocycles. The lowest BCUT2D eigenvalue weighted by molar-refractivity contribution is -0.139. The Kier molecular flexibility index (Phi) is 4.89. The van der Waals surface area contributed by atoms with Crippen LogP contribution in [-0.2, 0) is 11.0 Å². The highest BCUT2D eigenvalue weighted by Gasteiger charge is 2.34. The third kappa shape index (κ3) is 4.26. The van der Waals surface area contributed by atoms with Gasteiger partial charge in [-0.15, -0.1) is 0 Å². The maximum atomic E-state index is 12.8. The smallest absolute Gasteiger partial charge is 0.416 e. The van der Waals surface area contributed by atoms with E-state index in [9.17, 15) is 18.0 Å². The van der Waals surface area contributed by atoms with Crippen LogP contribution in [0.4, 0.5) is 13.2 Å². The van der Waals surface area contributed by atoms with E-state index < -0.39 is 23.8 Å². The average Bonchev–Trinajstić information content (AvgIpc) is 2.33. The molecule has 19 heavy (non-hydrogen) atoms. The number of hydrogen-bond donors (Lipinski definition) is 2. The highest BCUT2D eigenvalue weighted by molar-refractivity contribution is 5.66. The summed E-state index contributed by atoms with van der Waals surface area (Å²) in [5.74, 6) is -1.09. The van der Waals surface area contributed by atoms with Crippen LogP contribution in [0, 0.1) is 11.3 Å². The van der Waals surface area contributed by atoms with Crippen molar-refractivity contribution in [1.82, 2.24) is 5.32 Å². The summed E-state index contributed by atoms with van der Waals surface area (Å²) in [6.07, 6.45) is -4.83. The molecule has 0 aliphatic heterocycles. The minimum Gasteiger partial charge on any atom is -0.481 e. The van der Waals surface area contributed by atoms with Gasteiger partial charge in [0.1, 0.15) is 6.04 Å². The number of alkyl halides is 3. The van der Waals surface area contributed by atoms with Gasteiger partial charge in [0.15, 0.2) is 0 Å². The molecule has 0 fully saturated rings. The molecular formula is C12H11F3N2O2. The minimum absolute atomic E-state index is 0.0836. The Morgan fingerprint density at radius 1 is 1.42 bits per heavy atom. The Morgan fingerprint density at radius 2 is 2.05 bits per heavy atom. The molecule has 0 aliphatic carbocycles. The fourth-order valence-corrected chi connectivity index (χ4v) is 1.56. The van der Waals surface area contributed by atoms with Gasteiger partial charge in [-0.3, -0.25) is 10.1 Å². The quantitative estimate of drug-likeness (QED) is 0.862. The van der Waals surface area contributed by atoms with E-state index in [-0.39, 0.29) is 18.5 Å². The van der Waals surface area contributed by atoms with Crippen molar-refractivity contribution < 1.29 is 23.1 Å². The van der Waals surface area contributed by atoms with Gasteiger partial charge in [0.25, 0.3) is 0 Å². The van der Waals surface area contributed by atoms with Crippen molar-refractivity contribution in [2.45, 2.75) is 18.6 Å². The van der Waals surface area contributed by atoms with Crippen molar-refractivity contribution in [1.29, 1.82) is 5.26 Å². The van der Waals surface area contributed by atoms with E-state index in [4.69, 9.17) is 10.4 Å². The van der Waals surface area contributed by atoms with Gasteiger partial charge in [-0.25, -0.2) is 0 Å². The van der Waals surface area contributed by atoms with Gasteiger partial charge in [-0.1, -0.05) is 18.2 Å². The second-order valence-electron chi connectivity index (χ2n) is 3.74. The van der Waals surface area contributed by atoms with Crippen LogP contribution >= 0.6 is 0 Å². The molecule has 0 spiro atoms. The first kappa shape index (κ1) is 15.0. The Balaban J connectivity index is 2.93. The van der Waals surface area contributed by atoms with Crippen molar-refractivity contribution >= 4 is 5.97 Å². The maximum absolute atomic E-state index is 12.8. The number of carbonyl (C=O) groups is 1. The monoisotopic (exact) mass is 272 g/mol. The molecule has 0 heterocycles. The summed E-state index contributed by atoms with van der Waals surface area (Å²) in [6.45, 7) is -0.0836. The van der Waals surface area contributed by atoms with Crippen LogP contribution in [0.15, 0.2) is 24.3 Å². The molecule has 1 atom stereocenters. The molecule has 4 nitrogen and oxygen atoms in total. The summed E-state index contributed by atoms with van der Waals surface area (Å²) in [7, 11) is 0. The molecule has 0 aliphatic rings. The van der Waals surface area contributed by atoms with Gasteiger partial charge in [0, 0.05) is 6.54 Å². The van der Waals surface area contributed by atoms with Crippen molar-refractivity contribution in [2.24, 2.45) is 0 Å². The lowest BCUT2D eigenvalue weighted by Crippen LogP contribution is -2.25. The van der Waals surface area contributed by atoms with Gasteiger partial charge in [0.05, 0.1) is 18.1 Å². The average molecular weight is 272 g/mol. The number of benzene rings is 1. The first-order chi connectivity index (χ1) is 8.86. The summed E-state index contributed by atoms with van der Waals surface area (Å²) in [6, 6.07) is 5.22. The molecule has 1 aromatic carbocycles. The fourth-order valence-electron chi connectivity index (χ4n) is 1.56. The first-order valence-electron chi connectivity index (χ1n) is 5.37. The summed E-state index contributed by atoms with van der Waals surface area (Å²) in [4.78, 5) is 10.3. The lowest BCUT2D eigenvalue weighted by atomic mass is 10.0. The Bertz CT molecular complexity index is 494. The molecule has 1 aromatic rings. The number of aliphatic carboxylic acids is 1. The van der Waals surface area contributed by atoms with E-state index in [2.05, 4.69) is 5.32 Å². The van der Waals surface area contributed by atoms with Gasteiger partial charge in [-0.2, -0.15) is 18.4 Å². The number of rotatable bonds is 5. The molecule has 2 N–H and O–H groups in total. The second kappa shape index (κ2) is 6.20. The van der Waals surface area contributed by atoms with Crippen LogP contribution in [0.25, 0.3) is 0 Å². The SMILES string of the molecule is N#CC(NCCC(=O)O)c1ccccc1C(F)(F)F. The molecular weight excluding hydrogens is 261 g/mol. The zero-order valence-corrected chi connectivity index (χ0v) is 9.74. The normalized spacial score (nSPS) is 12.7. The molecule has 7 heteroatoms. The fraction of sp³-hybridized carbons (Fsp3) is 0.333. The number of hydrogen-bond acceptors (Lipinski definition) is 3. The summed E-state index contributed by atoms with van der Waals surface area (Å²) >= 11 is 0. The van der Waals surface area contributed by atoms with E-state index in [1.165, 1.54) is 18.2 Å². The van der Waals surface area contributed by atoms with Crippen LogP contribution in [0.2, 0.25) is 0 Å². The first-order valence-corrected chi connectivity index (χ1v) is 5.37. The van der Waals surface area contributed by atoms with Crippen LogP contribution < -0.4 is 5.32 Å². The molecule has 0 saturated heterocycles. The zero-order chi connectivity index (χ0) is 14.5. The third-order valence-corrected chi connectivity index (χ3v) is 2.39. The van der Waals surface area contributed by atoms with Gasteiger partial charge in [-0.05, 0) is 11.6 Å². The van der Waals surface area contributed by atoms with Gasteiger partial charge < -0.3 is 5.11 Å². The van der Waals surface area contributed by atoms with E-state index in [1.807, 2.05) is 0 Å². The number of carboxylic acid groups (broad SMARTS) is 1. The van der Waals surface area contributed by atoms with Crippen molar-refractivity contribution in [3.63, 3.8) is 0 Å². The van der Waals surface area contributed by atoms with Crippen LogP contribution in [-0.4, -0.2) is 17.6 Å². The number of nitrogens with one attached hydrogen (secondary N) is 1. The van der Waals surface area contributed by atoms with Gasteiger partial charge in [0.2, 0.25) is 0 Å². The van der Waals surface area contributed by atoms with Crippen LogP contribution in [0.5, 0.6) is 0 Å². The predicted molar refractivity (Wildman–Crippen MR) is 60.1 cm³/mol. The van der Waals surface area contributed by atoms with Crippen molar-refractivity contribution in [2.75, 3.05) is 6.54 Å². The zero-order valence-electron chi connectivity index (χ0n) is 9.74. The molecule has 0 amide bonds. The van der Waals surface area contributed by atoms with E-state index in [0.717, 1.165) is 6.07 Å². The number of nitriles is 1. The molecule has 0 bridgehead atoms. The molecule has 1 rings (SSSR count). The minimum atomic E-state index is -4.56. The largest absolute Gasteiger partial charge is 0.481 e. The molecule has 0 radical (unpaired) electrons. The summed E-state index contributed by atoms with van der Waals surface area (Å²) in [5, 5.41) is 19.8. The van der Waals surface area contributed by atoms with Crippen molar-refractivity contribution in [3.05, 3.63) is 35.4 Å². The Hall–Kier alpha value is -2.07. The highest BCUT2D eigenvalue weighted by Crippen LogP contribution is 2.34. The van der Waals surface area contributed by atoms with Crippen LogP contribution in [0.1, 0.15) is 23.6 Å². The number of carboxylic acids is 1. The second-order valence-corrected chi connectivity index (χ2v) is 3.74. The summed E-state index contributed by atoms with van der Waals surface area (Å²) in [5.41, 5.74) is -1.10. The third-order valence-electron chi connectivity index (χ3n) is 2.39. The van der Waals surface area contributed by atoms with Crippen molar-refractivity contribution in [3.8, 4) is 6.07 Å². The summed E-state index contributed by atoms with van der Waals surface area (Å²) < 4.78 is 38.3. The van der Waals surface area contributed by atoms with E-state index in [1.54, 1.807) is 6.07 Å². The molecule has 102 valence electrons. The highest BCUT2D eigenvalue weighted by atomic mass is 19.4. The van der Waals surface area contributed by atoms with E-state index >= 15 is 0 Å². The maximum Gasteiger partial charge on any atom is 0.416 e. The number of nitrogens with zero attached hydrogens (tertiary/aromatic N) is 1. The topological polar surface area (TPSA) is 73.1 Å². The molecule has 1 unspecified atom stereocenters. The predicted octanol–water partition coefficient (Wildman–Crippen LogP) is 2.33. The van der Waals surface area contributed by atoms with Crippen LogP contribution in [0.3, 0.4) is 0 Å². The Labute approximate surface area is 107 Å². The lowest BCUT2D eigenvalue weighted by Gasteiger charge is -2.17. The Morgan fingerprint density at radius 3 is 2.58 bits per heavy atom. The number of halogens is 3. The van der Waals surface area contributed by atoms with Gasteiger partial charge >= 0.3 is 12.1 Å². The standard InChI is InChI=1S/C12H11F3N2O2/c13-12(14,15)9-4-2-1-3-8(9)10(7-16)17-6-5-11(18)19/h1-4,10,17H,5-6H2,(H,18,19). The molecule has 0 saturated carbocycles.